The van der Waals surface area contributed by atoms with Crippen molar-refractivity contribution in [3.05, 3.63) is 12.2 Å². The summed E-state index contributed by atoms with van der Waals surface area (Å²) in [5.74, 6) is 0.210. The largest absolute Gasteiger partial charge is 0.481 e. The van der Waals surface area contributed by atoms with Crippen LogP contribution in [-0.2, 0) is 9.59 Å². The predicted molar refractivity (Wildman–Crippen MR) is 66.9 cm³/mol. The van der Waals surface area contributed by atoms with Gasteiger partial charge < -0.3 is 10.0 Å². The highest BCUT2D eigenvalue weighted by atomic mass is 32.2. The molecule has 0 aromatic carbocycles. The summed E-state index contributed by atoms with van der Waals surface area (Å²) in [6.45, 7) is 1.52. The number of carboxylic acids is 1. The Morgan fingerprint density at radius 1 is 1.12 bits per heavy atom. The van der Waals surface area contributed by atoms with Crippen LogP contribution < -0.4 is 0 Å². The first-order valence-corrected chi connectivity index (χ1v) is 7.10. The third kappa shape index (κ3) is 2.83. The molecular weight excluding hydrogens is 238 g/mol. The molecule has 0 bridgehead atoms. The van der Waals surface area contributed by atoms with Crippen molar-refractivity contribution in [3.8, 4) is 0 Å². The van der Waals surface area contributed by atoms with E-state index in [0.29, 0.717) is 12.8 Å². The van der Waals surface area contributed by atoms with Gasteiger partial charge in [-0.25, -0.2) is 0 Å². The van der Waals surface area contributed by atoms with Crippen LogP contribution >= 0.6 is 11.8 Å². The van der Waals surface area contributed by atoms with Gasteiger partial charge in [0.25, 0.3) is 0 Å². The second kappa shape index (κ2) is 5.58. The van der Waals surface area contributed by atoms with Crippen molar-refractivity contribution in [1.29, 1.82) is 0 Å². The smallest absolute Gasteiger partial charge is 0.307 e. The van der Waals surface area contributed by atoms with E-state index in [4.69, 9.17) is 5.11 Å². The van der Waals surface area contributed by atoms with Gasteiger partial charge in [-0.1, -0.05) is 12.2 Å². The van der Waals surface area contributed by atoms with Gasteiger partial charge in [0.05, 0.1) is 11.8 Å². The number of hydrogen-bond acceptors (Lipinski definition) is 3. The molecule has 1 aliphatic carbocycles. The molecule has 1 aliphatic heterocycles. The fraction of sp³-hybridized carbons (Fsp3) is 0.667. The Hall–Kier alpha value is -0.970. The van der Waals surface area contributed by atoms with E-state index < -0.39 is 11.9 Å². The summed E-state index contributed by atoms with van der Waals surface area (Å²) in [5, 5.41) is 9.15. The second-order valence-corrected chi connectivity index (χ2v) is 5.66. The summed E-state index contributed by atoms with van der Waals surface area (Å²) in [6, 6.07) is 0. The first kappa shape index (κ1) is 12.5. The summed E-state index contributed by atoms with van der Waals surface area (Å²) in [7, 11) is 0. The van der Waals surface area contributed by atoms with Gasteiger partial charge in [0.1, 0.15) is 0 Å². The lowest BCUT2D eigenvalue weighted by Gasteiger charge is -2.33. The predicted octanol–water partition coefficient (Wildman–Crippen LogP) is 1.23. The standard InChI is InChI=1S/C12H17NO3S/c14-11(13-5-7-17-8-6-13)9-3-1-2-4-10(9)12(15)16/h1-2,9-10H,3-8H2,(H,15,16). The first-order chi connectivity index (χ1) is 8.20. The Morgan fingerprint density at radius 2 is 1.71 bits per heavy atom. The summed E-state index contributed by atoms with van der Waals surface area (Å²) in [4.78, 5) is 25.3. The number of carbonyl (C=O) groups excluding carboxylic acids is 1. The van der Waals surface area contributed by atoms with Crippen LogP contribution in [-0.4, -0.2) is 46.5 Å². The van der Waals surface area contributed by atoms with E-state index in [2.05, 4.69) is 0 Å². The van der Waals surface area contributed by atoms with E-state index in [0.717, 1.165) is 24.6 Å². The lowest BCUT2D eigenvalue weighted by atomic mass is 9.82. The lowest BCUT2D eigenvalue weighted by molar-refractivity contribution is -0.150. The van der Waals surface area contributed by atoms with Gasteiger partial charge in [-0.2, -0.15) is 11.8 Å². The highest BCUT2D eigenvalue weighted by Gasteiger charge is 2.36. The number of carboxylic acid groups (broad SMARTS) is 1. The van der Waals surface area contributed by atoms with E-state index in [1.807, 2.05) is 28.8 Å². The molecule has 4 nitrogen and oxygen atoms in total. The number of nitrogens with zero attached hydrogens (tertiary/aromatic N) is 1. The molecule has 1 saturated heterocycles. The lowest BCUT2D eigenvalue weighted by Crippen LogP contribution is -2.45. The van der Waals surface area contributed by atoms with Crippen molar-refractivity contribution in [2.75, 3.05) is 24.6 Å². The van der Waals surface area contributed by atoms with E-state index in [1.54, 1.807) is 0 Å². The average molecular weight is 255 g/mol. The molecule has 0 radical (unpaired) electrons. The molecule has 1 amide bonds. The maximum absolute atomic E-state index is 12.3. The van der Waals surface area contributed by atoms with Crippen molar-refractivity contribution in [1.82, 2.24) is 4.90 Å². The highest BCUT2D eigenvalue weighted by molar-refractivity contribution is 7.99. The van der Waals surface area contributed by atoms with Crippen LogP contribution in [0.1, 0.15) is 12.8 Å². The quantitative estimate of drug-likeness (QED) is 0.754. The molecule has 1 N–H and O–H groups in total. The Labute approximate surface area is 105 Å². The van der Waals surface area contributed by atoms with Gasteiger partial charge >= 0.3 is 5.97 Å². The minimum atomic E-state index is -0.848. The molecule has 1 heterocycles. The molecule has 0 saturated carbocycles. The van der Waals surface area contributed by atoms with Crippen LogP contribution in [0.25, 0.3) is 0 Å². The Balaban J connectivity index is 2.05. The molecule has 1 fully saturated rings. The zero-order valence-corrected chi connectivity index (χ0v) is 10.5. The van der Waals surface area contributed by atoms with Crippen LogP contribution in [0.4, 0.5) is 0 Å². The topological polar surface area (TPSA) is 57.6 Å². The molecule has 0 aromatic heterocycles. The Kier molecular flexibility index (Phi) is 4.10. The normalized spacial score (nSPS) is 29.1. The molecule has 2 unspecified atom stereocenters. The molecule has 2 atom stereocenters. The monoisotopic (exact) mass is 255 g/mol. The van der Waals surface area contributed by atoms with Crippen molar-refractivity contribution in [2.24, 2.45) is 11.8 Å². The number of carbonyl (C=O) groups is 2. The third-order valence-electron chi connectivity index (χ3n) is 3.39. The van der Waals surface area contributed by atoms with Gasteiger partial charge in [-0.3, -0.25) is 9.59 Å². The summed E-state index contributed by atoms with van der Waals surface area (Å²) < 4.78 is 0. The number of hydrogen-bond donors (Lipinski definition) is 1. The third-order valence-corrected chi connectivity index (χ3v) is 4.33. The fourth-order valence-electron chi connectivity index (χ4n) is 2.38. The molecule has 2 rings (SSSR count). The minimum Gasteiger partial charge on any atom is -0.481 e. The number of rotatable bonds is 2. The molecule has 17 heavy (non-hydrogen) atoms. The molecule has 5 heteroatoms. The van der Waals surface area contributed by atoms with Crippen LogP contribution in [0.15, 0.2) is 12.2 Å². The van der Waals surface area contributed by atoms with Crippen LogP contribution in [0.3, 0.4) is 0 Å². The zero-order chi connectivity index (χ0) is 12.3. The van der Waals surface area contributed by atoms with Crippen LogP contribution in [0.5, 0.6) is 0 Å². The van der Waals surface area contributed by atoms with E-state index in [1.165, 1.54) is 0 Å². The number of amides is 1. The number of aliphatic carboxylic acids is 1. The van der Waals surface area contributed by atoms with Gasteiger partial charge in [-0.05, 0) is 12.8 Å². The number of thioether (sulfide) groups is 1. The van der Waals surface area contributed by atoms with E-state index in [-0.39, 0.29) is 11.8 Å². The molecule has 0 spiro atoms. The first-order valence-electron chi connectivity index (χ1n) is 5.94. The molecular formula is C12H17NO3S. The Bertz CT molecular complexity index is 337. The zero-order valence-electron chi connectivity index (χ0n) is 9.67. The van der Waals surface area contributed by atoms with Gasteiger partial charge in [0.2, 0.25) is 5.91 Å². The summed E-state index contributed by atoms with van der Waals surface area (Å²) >= 11 is 1.85. The van der Waals surface area contributed by atoms with Gasteiger partial charge in [0.15, 0.2) is 0 Å². The van der Waals surface area contributed by atoms with E-state index in [9.17, 15) is 9.59 Å². The van der Waals surface area contributed by atoms with Crippen LogP contribution in [0, 0.1) is 11.8 Å². The second-order valence-electron chi connectivity index (χ2n) is 4.43. The molecule has 2 aliphatic rings. The van der Waals surface area contributed by atoms with Crippen molar-refractivity contribution in [2.45, 2.75) is 12.8 Å². The van der Waals surface area contributed by atoms with Crippen molar-refractivity contribution in [3.63, 3.8) is 0 Å². The Morgan fingerprint density at radius 3 is 2.29 bits per heavy atom. The fourth-order valence-corrected chi connectivity index (χ4v) is 3.28. The SMILES string of the molecule is O=C(O)C1CC=CCC1C(=O)N1CCSCC1. The van der Waals surface area contributed by atoms with Gasteiger partial charge in [-0.15, -0.1) is 0 Å². The molecule has 0 aromatic rings. The maximum Gasteiger partial charge on any atom is 0.307 e. The average Bonchev–Trinajstić information content (AvgIpc) is 2.39. The summed E-state index contributed by atoms with van der Waals surface area (Å²) in [5.41, 5.74) is 0. The summed E-state index contributed by atoms with van der Waals surface area (Å²) in [6.07, 6.45) is 4.85. The van der Waals surface area contributed by atoms with Gasteiger partial charge in [0, 0.05) is 24.6 Å². The van der Waals surface area contributed by atoms with Crippen molar-refractivity contribution < 1.29 is 14.7 Å². The van der Waals surface area contributed by atoms with Crippen molar-refractivity contribution >= 4 is 23.6 Å². The minimum absolute atomic E-state index is 0.0297. The highest BCUT2D eigenvalue weighted by Crippen LogP contribution is 2.28. The van der Waals surface area contributed by atoms with Crippen LogP contribution in [0.2, 0.25) is 0 Å². The number of allylic oxidation sites excluding steroid dienone is 2. The molecule has 94 valence electrons. The van der Waals surface area contributed by atoms with E-state index >= 15 is 0 Å². The maximum atomic E-state index is 12.3.